The maximum atomic E-state index is 11.6. The first kappa shape index (κ1) is 16.7. The van der Waals surface area contributed by atoms with Gasteiger partial charge in [-0.1, -0.05) is 6.07 Å². The minimum Gasteiger partial charge on any atom is -0.343 e. The number of rotatable bonds is 4. The van der Waals surface area contributed by atoms with Crippen LogP contribution in [0.3, 0.4) is 0 Å². The van der Waals surface area contributed by atoms with E-state index in [1.807, 2.05) is 28.0 Å². The van der Waals surface area contributed by atoms with Crippen LogP contribution in [0.2, 0.25) is 0 Å². The molecule has 1 atom stereocenters. The Morgan fingerprint density at radius 2 is 2.17 bits per heavy atom. The molecule has 0 aliphatic carbocycles. The highest BCUT2D eigenvalue weighted by molar-refractivity contribution is 5.73. The fourth-order valence-electron chi connectivity index (χ4n) is 3.48. The van der Waals surface area contributed by atoms with Crippen molar-refractivity contribution in [2.75, 3.05) is 13.1 Å². The summed E-state index contributed by atoms with van der Waals surface area (Å²) in [7, 11) is 0. The largest absolute Gasteiger partial charge is 0.343 e. The summed E-state index contributed by atoms with van der Waals surface area (Å²) in [4.78, 5) is 18.2. The summed E-state index contributed by atoms with van der Waals surface area (Å²) >= 11 is 0. The average Bonchev–Trinajstić information content (AvgIpc) is 3.06. The Morgan fingerprint density at radius 1 is 1.33 bits per heavy atom. The Kier molecular flexibility index (Phi) is 4.97. The molecule has 128 valence electrons. The van der Waals surface area contributed by atoms with Crippen LogP contribution in [-0.2, 0) is 11.2 Å². The Labute approximate surface area is 143 Å². The standard InChI is InChI=1S/C19H26N4O/c1-14(2)23-19(8-9-21-23)18-7-6-16(12-20-18)11-17-5-4-10-22(13-17)15(3)24/h6-9,12,14,17H,4-5,10-11,13H2,1-3H3/t17-/m1/s1. The highest BCUT2D eigenvalue weighted by Crippen LogP contribution is 2.23. The van der Waals surface area contributed by atoms with Gasteiger partial charge >= 0.3 is 0 Å². The fourth-order valence-corrected chi connectivity index (χ4v) is 3.48. The zero-order valence-electron chi connectivity index (χ0n) is 14.8. The lowest BCUT2D eigenvalue weighted by Gasteiger charge is -2.32. The molecule has 1 amide bonds. The molecule has 0 radical (unpaired) electrons. The summed E-state index contributed by atoms with van der Waals surface area (Å²) in [5, 5.41) is 4.37. The molecule has 0 unspecified atom stereocenters. The number of aromatic nitrogens is 3. The number of hydrogen-bond donors (Lipinski definition) is 0. The molecule has 1 aliphatic heterocycles. The lowest BCUT2D eigenvalue weighted by Crippen LogP contribution is -2.39. The smallest absolute Gasteiger partial charge is 0.219 e. The van der Waals surface area contributed by atoms with Crippen molar-refractivity contribution >= 4 is 5.91 Å². The molecule has 2 aromatic rings. The van der Waals surface area contributed by atoms with E-state index in [9.17, 15) is 4.79 Å². The van der Waals surface area contributed by atoms with Crippen LogP contribution in [0.1, 0.15) is 45.2 Å². The van der Waals surface area contributed by atoms with Crippen LogP contribution in [0.4, 0.5) is 0 Å². The van der Waals surface area contributed by atoms with E-state index in [-0.39, 0.29) is 5.91 Å². The van der Waals surface area contributed by atoms with Gasteiger partial charge in [0.05, 0.1) is 11.4 Å². The van der Waals surface area contributed by atoms with E-state index >= 15 is 0 Å². The van der Waals surface area contributed by atoms with Crippen molar-refractivity contribution in [2.45, 2.75) is 46.1 Å². The van der Waals surface area contributed by atoms with Gasteiger partial charge in [0.15, 0.2) is 0 Å². The second-order valence-electron chi connectivity index (χ2n) is 6.98. The lowest BCUT2D eigenvalue weighted by molar-refractivity contribution is -0.130. The molecular formula is C19H26N4O. The average molecular weight is 326 g/mol. The maximum Gasteiger partial charge on any atom is 0.219 e. The zero-order valence-corrected chi connectivity index (χ0v) is 14.8. The molecule has 0 N–H and O–H groups in total. The first-order valence-electron chi connectivity index (χ1n) is 8.79. The minimum atomic E-state index is 0.190. The number of carbonyl (C=O) groups is 1. The van der Waals surface area contributed by atoms with Crippen molar-refractivity contribution in [3.05, 3.63) is 36.2 Å². The van der Waals surface area contributed by atoms with Crippen LogP contribution >= 0.6 is 0 Å². The van der Waals surface area contributed by atoms with Gasteiger partial charge in [-0.2, -0.15) is 5.10 Å². The van der Waals surface area contributed by atoms with Crippen molar-refractivity contribution in [1.29, 1.82) is 0 Å². The third-order valence-corrected chi connectivity index (χ3v) is 4.74. The Morgan fingerprint density at radius 3 is 2.83 bits per heavy atom. The second-order valence-corrected chi connectivity index (χ2v) is 6.98. The zero-order chi connectivity index (χ0) is 17.1. The van der Waals surface area contributed by atoms with E-state index in [2.05, 4.69) is 36.1 Å². The molecule has 0 saturated carbocycles. The number of amides is 1. The van der Waals surface area contributed by atoms with Gasteiger partial charge in [0.1, 0.15) is 0 Å². The van der Waals surface area contributed by atoms with Crippen molar-refractivity contribution < 1.29 is 4.79 Å². The summed E-state index contributed by atoms with van der Waals surface area (Å²) in [6.45, 7) is 7.68. The molecule has 3 heterocycles. The predicted octanol–water partition coefficient (Wildman–Crippen LogP) is 3.33. The lowest BCUT2D eigenvalue weighted by atomic mass is 9.92. The molecule has 5 heteroatoms. The molecule has 24 heavy (non-hydrogen) atoms. The molecule has 1 saturated heterocycles. The molecule has 0 bridgehead atoms. The van der Waals surface area contributed by atoms with Crippen molar-refractivity contribution in [3.8, 4) is 11.4 Å². The molecule has 2 aromatic heterocycles. The highest BCUT2D eigenvalue weighted by Gasteiger charge is 2.21. The van der Waals surface area contributed by atoms with Gasteiger partial charge in [0.25, 0.3) is 0 Å². The third-order valence-electron chi connectivity index (χ3n) is 4.74. The molecule has 1 aliphatic rings. The molecule has 1 fully saturated rings. The number of likely N-dealkylation sites (tertiary alicyclic amines) is 1. The van der Waals surface area contributed by atoms with Crippen molar-refractivity contribution in [2.24, 2.45) is 5.92 Å². The first-order chi connectivity index (χ1) is 11.5. The molecule has 0 spiro atoms. The van der Waals surface area contributed by atoms with Crippen LogP contribution < -0.4 is 0 Å². The van der Waals surface area contributed by atoms with Gasteiger partial charge in [-0.05, 0) is 56.7 Å². The fraction of sp³-hybridized carbons (Fsp3) is 0.526. The topological polar surface area (TPSA) is 51.0 Å². The minimum absolute atomic E-state index is 0.190. The quantitative estimate of drug-likeness (QED) is 0.866. The Hall–Kier alpha value is -2.17. The summed E-state index contributed by atoms with van der Waals surface area (Å²) < 4.78 is 1.99. The van der Waals surface area contributed by atoms with Crippen LogP contribution in [-0.4, -0.2) is 38.7 Å². The summed E-state index contributed by atoms with van der Waals surface area (Å²) in [5.74, 6) is 0.728. The molecular weight excluding hydrogens is 300 g/mol. The second kappa shape index (κ2) is 7.16. The van der Waals surface area contributed by atoms with Gasteiger partial charge in [-0.25, -0.2) is 0 Å². The molecule has 3 rings (SSSR count). The van der Waals surface area contributed by atoms with Crippen LogP contribution in [0.5, 0.6) is 0 Å². The maximum absolute atomic E-state index is 11.6. The summed E-state index contributed by atoms with van der Waals surface area (Å²) in [5.41, 5.74) is 3.25. The normalized spacial score (nSPS) is 18.2. The van der Waals surface area contributed by atoms with Gasteiger partial charge in [0, 0.05) is 38.4 Å². The SMILES string of the molecule is CC(=O)N1CCC[C@H](Cc2ccc(-c3ccnn3C(C)C)nc2)C1. The van der Waals surface area contributed by atoms with E-state index < -0.39 is 0 Å². The van der Waals surface area contributed by atoms with E-state index in [0.29, 0.717) is 12.0 Å². The number of nitrogens with zero attached hydrogens (tertiary/aromatic N) is 4. The predicted molar refractivity (Wildman–Crippen MR) is 94.5 cm³/mol. The molecule has 5 nitrogen and oxygen atoms in total. The highest BCUT2D eigenvalue weighted by atomic mass is 16.2. The van der Waals surface area contributed by atoms with Crippen LogP contribution in [0.15, 0.2) is 30.6 Å². The Balaban J connectivity index is 1.68. The number of piperidine rings is 1. The van der Waals surface area contributed by atoms with Gasteiger partial charge in [-0.3, -0.25) is 14.5 Å². The van der Waals surface area contributed by atoms with Crippen LogP contribution in [0.25, 0.3) is 11.4 Å². The summed E-state index contributed by atoms with van der Waals surface area (Å²) in [6, 6.07) is 6.56. The van der Waals surface area contributed by atoms with E-state index in [4.69, 9.17) is 0 Å². The number of carbonyl (C=O) groups excluding carboxylic acids is 1. The van der Waals surface area contributed by atoms with Gasteiger partial charge in [0.2, 0.25) is 5.91 Å². The van der Waals surface area contributed by atoms with Gasteiger partial charge in [-0.15, -0.1) is 0 Å². The molecule has 0 aromatic carbocycles. The monoisotopic (exact) mass is 326 g/mol. The number of pyridine rings is 1. The summed E-state index contributed by atoms with van der Waals surface area (Å²) in [6.07, 6.45) is 7.07. The van der Waals surface area contributed by atoms with E-state index in [1.54, 1.807) is 6.92 Å². The van der Waals surface area contributed by atoms with Crippen molar-refractivity contribution in [3.63, 3.8) is 0 Å². The number of hydrogen-bond acceptors (Lipinski definition) is 3. The van der Waals surface area contributed by atoms with Crippen LogP contribution in [0, 0.1) is 5.92 Å². The van der Waals surface area contributed by atoms with E-state index in [1.165, 1.54) is 12.0 Å². The van der Waals surface area contributed by atoms with Crippen molar-refractivity contribution in [1.82, 2.24) is 19.7 Å². The first-order valence-corrected chi connectivity index (χ1v) is 8.79. The van der Waals surface area contributed by atoms with Gasteiger partial charge < -0.3 is 4.90 Å². The third kappa shape index (κ3) is 3.66. The van der Waals surface area contributed by atoms with E-state index in [0.717, 1.165) is 37.3 Å². The Bertz CT molecular complexity index is 690.